The van der Waals surface area contributed by atoms with Gasteiger partial charge >= 0.3 is 6.18 Å². The summed E-state index contributed by atoms with van der Waals surface area (Å²) >= 11 is 0. The second-order valence-corrected chi connectivity index (χ2v) is 5.32. The van der Waals surface area contributed by atoms with Crippen molar-refractivity contribution in [2.75, 3.05) is 26.2 Å². The largest absolute Gasteiger partial charge is 0.467 e. The molecule has 0 saturated carbocycles. The Morgan fingerprint density at radius 3 is 2.27 bits per heavy atom. The maximum Gasteiger partial charge on any atom is 0.416 e. The predicted octanol–water partition coefficient (Wildman–Crippen LogP) is 3.29. The molecule has 6 heteroatoms. The average molecular weight is 310 g/mol. The number of piperazine rings is 1. The number of hydrogen-bond acceptors (Lipinski definition) is 3. The van der Waals surface area contributed by atoms with Gasteiger partial charge in [-0.1, -0.05) is 12.1 Å². The van der Waals surface area contributed by atoms with Gasteiger partial charge in [0.2, 0.25) is 0 Å². The van der Waals surface area contributed by atoms with Crippen LogP contribution in [0.4, 0.5) is 13.2 Å². The highest BCUT2D eigenvalue weighted by molar-refractivity contribution is 5.31. The molecular formula is C16H17F3N2O. The van der Waals surface area contributed by atoms with E-state index < -0.39 is 11.7 Å². The van der Waals surface area contributed by atoms with Crippen LogP contribution in [-0.2, 0) is 6.18 Å². The third-order valence-corrected chi connectivity index (χ3v) is 3.88. The molecule has 0 radical (unpaired) electrons. The normalized spacial score (nSPS) is 18.3. The van der Waals surface area contributed by atoms with Crippen molar-refractivity contribution in [1.29, 1.82) is 0 Å². The van der Waals surface area contributed by atoms with E-state index in [9.17, 15) is 13.2 Å². The van der Waals surface area contributed by atoms with E-state index in [1.54, 1.807) is 12.3 Å². The molecule has 0 unspecified atom stereocenters. The molecule has 1 aliphatic rings. The Labute approximate surface area is 126 Å². The molecule has 2 heterocycles. The Hall–Kier alpha value is -1.79. The number of hydrogen-bond donors (Lipinski definition) is 1. The summed E-state index contributed by atoms with van der Waals surface area (Å²) in [6, 6.07) is 8.86. The molecule has 0 aliphatic carbocycles. The van der Waals surface area contributed by atoms with Gasteiger partial charge in [-0.25, -0.2) is 0 Å². The Bertz CT molecular complexity index is 587. The molecule has 1 aliphatic heterocycles. The fourth-order valence-electron chi connectivity index (χ4n) is 2.80. The molecule has 1 N–H and O–H groups in total. The van der Waals surface area contributed by atoms with Crippen LogP contribution in [0, 0.1) is 0 Å². The van der Waals surface area contributed by atoms with Gasteiger partial charge in [-0.05, 0) is 29.8 Å². The molecule has 1 fully saturated rings. The van der Waals surface area contributed by atoms with Gasteiger partial charge < -0.3 is 9.73 Å². The lowest BCUT2D eigenvalue weighted by atomic mass is 10.0. The highest BCUT2D eigenvalue weighted by Crippen LogP contribution is 2.33. The van der Waals surface area contributed by atoms with Crippen molar-refractivity contribution in [2.45, 2.75) is 12.2 Å². The Balaban J connectivity index is 1.92. The quantitative estimate of drug-likeness (QED) is 0.943. The number of halogens is 3. The molecule has 0 bridgehead atoms. The zero-order chi connectivity index (χ0) is 15.6. The van der Waals surface area contributed by atoms with Crippen LogP contribution >= 0.6 is 0 Å². The fraction of sp³-hybridized carbons (Fsp3) is 0.375. The van der Waals surface area contributed by atoms with Gasteiger partial charge in [-0.2, -0.15) is 13.2 Å². The minimum Gasteiger partial charge on any atom is -0.467 e. The summed E-state index contributed by atoms with van der Waals surface area (Å²) < 4.78 is 43.7. The van der Waals surface area contributed by atoms with E-state index in [0.717, 1.165) is 49.6 Å². The summed E-state index contributed by atoms with van der Waals surface area (Å²) in [4.78, 5) is 2.22. The number of furan rings is 1. The summed E-state index contributed by atoms with van der Waals surface area (Å²) in [7, 11) is 0. The van der Waals surface area contributed by atoms with Gasteiger partial charge in [0.15, 0.2) is 0 Å². The van der Waals surface area contributed by atoms with E-state index >= 15 is 0 Å². The topological polar surface area (TPSA) is 28.4 Å². The van der Waals surface area contributed by atoms with Crippen LogP contribution in [0.25, 0.3) is 0 Å². The van der Waals surface area contributed by atoms with E-state index in [-0.39, 0.29) is 6.04 Å². The standard InChI is InChI=1S/C16H17F3N2O/c17-16(18,19)13-5-3-12(4-6-13)15(14-2-1-11-22-14)21-9-7-20-8-10-21/h1-6,11,15,20H,7-10H2/t15-/m1/s1. The monoisotopic (exact) mass is 310 g/mol. The van der Waals surface area contributed by atoms with Crippen molar-refractivity contribution < 1.29 is 17.6 Å². The second-order valence-electron chi connectivity index (χ2n) is 5.32. The van der Waals surface area contributed by atoms with Gasteiger partial charge in [0.1, 0.15) is 5.76 Å². The predicted molar refractivity (Wildman–Crippen MR) is 76.4 cm³/mol. The van der Waals surface area contributed by atoms with Crippen LogP contribution in [0.2, 0.25) is 0 Å². The van der Waals surface area contributed by atoms with E-state index in [1.165, 1.54) is 12.1 Å². The van der Waals surface area contributed by atoms with Gasteiger partial charge in [0, 0.05) is 26.2 Å². The first-order valence-corrected chi connectivity index (χ1v) is 7.21. The Kier molecular flexibility index (Phi) is 4.22. The van der Waals surface area contributed by atoms with Crippen LogP contribution in [-0.4, -0.2) is 31.1 Å². The molecule has 1 saturated heterocycles. The van der Waals surface area contributed by atoms with Crippen LogP contribution < -0.4 is 5.32 Å². The first-order valence-electron chi connectivity index (χ1n) is 7.21. The lowest BCUT2D eigenvalue weighted by Gasteiger charge is -2.34. The molecule has 3 nitrogen and oxygen atoms in total. The lowest BCUT2D eigenvalue weighted by molar-refractivity contribution is -0.137. The Morgan fingerprint density at radius 2 is 1.73 bits per heavy atom. The fourth-order valence-corrected chi connectivity index (χ4v) is 2.80. The third-order valence-electron chi connectivity index (χ3n) is 3.88. The van der Waals surface area contributed by atoms with Gasteiger partial charge in [0.05, 0.1) is 17.9 Å². The number of rotatable bonds is 3. The van der Waals surface area contributed by atoms with Crippen LogP contribution in [0.15, 0.2) is 47.1 Å². The zero-order valence-corrected chi connectivity index (χ0v) is 11.9. The Morgan fingerprint density at radius 1 is 1.05 bits per heavy atom. The molecule has 1 aromatic carbocycles. The molecule has 1 aromatic heterocycles. The second kappa shape index (κ2) is 6.14. The summed E-state index contributed by atoms with van der Waals surface area (Å²) in [5, 5.41) is 3.27. The van der Waals surface area contributed by atoms with Crippen molar-refractivity contribution in [3.05, 3.63) is 59.5 Å². The summed E-state index contributed by atoms with van der Waals surface area (Å²) in [5.74, 6) is 0.752. The van der Waals surface area contributed by atoms with Crippen LogP contribution in [0.3, 0.4) is 0 Å². The molecule has 22 heavy (non-hydrogen) atoms. The van der Waals surface area contributed by atoms with Crippen LogP contribution in [0.1, 0.15) is 22.9 Å². The van der Waals surface area contributed by atoms with Crippen molar-refractivity contribution in [3.8, 4) is 0 Å². The maximum atomic E-state index is 12.7. The van der Waals surface area contributed by atoms with E-state index in [2.05, 4.69) is 10.2 Å². The van der Waals surface area contributed by atoms with E-state index in [4.69, 9.17) is 4.42 Å². The zero-order valence-electron chi connectivity index (χ0n) is 11.9. The van der Waals surface area contributed by atoms with E-state index in [1.807, 2.05) is 6.07 Å². The van der Waals surface area contributed by atoms with Crippen molar-refractivity contribution in [2.24, 2.45) is 0 Å². The van der Waals surface area contributed by atoms with Crippen molar-refractivity contribution in [1.82, 2.24) is 10.2 Å². The highest BCUT2D eigenvalue weighted by Gasteiger charge is 2.31. The average Bonchev–Trinajstić information content (AvgIpc) is 3.02. The summed E-state index contributed by atoms with van der Waals surface area (Å²) in [5.41, 5.74) is 0.180. The molecule has 3 rings (SSSR count). The smallest absolute Gasteiger partial charge is 0.416 e. The van der Waals surface area contributed by atoms with Crippen molar-refractivity contribution in [3.63, 3.8) is 0 Å². The van der Waals surface area contributed by atoms with Crippen molar-refractivity contribution >= 4 is 0 Å². The van der Waals surface area contributed by atoms with Gasteiger partial charge in [-0.3, -0.25) is 4.90 Å². The lowest BCUT2D eigenvalue weighted by Crippen LogP contribution is -2.45. The molecular weight excluding hydrogens is 293 g/mol. The van der Waals surface area contributed by atoms with Gasteiger partial charge in [0.25, 0.3) is 0 Å². The number of alkyl halides is 3. The number of nitrogens with one attached hydrogen (secondary N) is 1. The molecule has 118 valence electrons. The maximum absolute atomic E-state index is 12.7. The molecule has 0 spiro atoms. The first kappa shape index (κ1) is 15.1. The molecule has 0 amide bonds. The SMILES string of the molecule is FC(F)(F)c1ccc([C@H](c2ccco2)N2CCNCC2)cc1. The summed E-state index contributed by atoms with van der Waals surface area (Å²) in [6.07, 6.45) is -2.72. The van der Waals surface area contributed by atoms with Gasteiger partial charge in [-0.15, -0.1) is 0 Å². The molecule has 1 atom stereocenters. The van der Waals surface area contributed by atoms with Crippen LogP contribution in [0.5, 0.6) is 0 Å². The third kappa shape index (κ3) is 3.18. The number of benzene rings is 1. The highest BCUT2D eigenvalue weighted by atomic mass is 19.4. The minimum atomic E-state index is -4.31. The number of nitrogens with zero attached hydrogens (tertiary/aromatic N) is 1. The van der Waals surface area contributed by atoms with E-state index in [0.29, 0.717) is 0 Å². The first-order chi connectivity index (χ1) is 10.6. The summed E-state index contributed by atoms with van der Waals surface area (Å²) in [6.45, 7) is 3.37. The minimum absolute atomic E-state index is 0.153. The molecule has 2 aromatic rings.